The fourth-order valence-corrected chi connectivity index (χ4v) is 8.45. The normalized spacial score (nSPS) is 23.5. The van der Waals surface area contributed by atoms with Crippen LogP contribution in [0, 0.1) is 32.1 Å². The van der Waals surface area contributed by atoms with Crippen molar-refractivity contribution in [3.8, 4) is 0 Å². The lowest BCUT2D eigenvalue weighted by Crippen LogP contribution is -3.00. The molecule has 0 spiro atoms. The van der Waals surface area contributed by atoms with Crippen molar-refractivity contribution in [1.29, 1.82) is 0 Å². The van der Waals surface area contributed by atoms with Gasteiger partial charge in [-0.15, -0.1) is 11.8 Å². The topological polar surface area (TPSA) is 203 Å². The van der Waals surface area contributed by atoms with Gasteiger partial charge in [0.25, 0.3) is 11.4 Å². The van der Waals surface area contributed by atoms with Gasteiger partial charge in [-0.1, -0.05) is 6.92 Å². The predicted molar refractivity (Wildman–Crippen MR) is 188 cm³/mol. The lowest BCUT2D eigenvalue weighted by atomic mass is 9.79. The van der Waals surface area contributed by atoms with E-state index in [1.807, 2.05) is 28.1 Å². The molecular formula is C35H44IN5O11S. The Hall–Kier alpha value is -3.85. The van der Waals surface area contributed by atoms with Crippen LogP contribution in [0.5, 0.6) is 0 Å². The van der Waals surface area contributed by atoms with Crippen LogP contribution in [-0.4, -0.2) is 116 Å². The first kappa shape index (κ1) is 41.9. The lowest BCUT2D eigenvalue weighted by Gasteiger charge is -2.46. The van der Waals surface area contributed by atoms with Crippen molar-refractivity contribution in [1.82, 2.24) is 9.80 Å². The van der Waals surface area contributed by atoms with E-state index >= 15 is 0 Å². The molecule has 53 heavy (non-hydrogen) atoms. The highest BCUT2D eigenvalue weighted by Crippen LogP contribution is 2.52. The SMILES string of the molecule is C[C@@H](O)[C@H]1C(=O)N2C(C(=O)OCc3ccc([N+](=O)[O-])cc3)=C(S[C@H]3C[C@@H]([C@@H](O)CC[N+](C)(C)C)N(C(=O)OCc4ccc([N+](=O)[O-])cc4)C3)[C@H](C)[C@H]12.[I-]. The van der Waals surface area contributed by atoms with Gasteiger partial charge in [0.1, 0.15) is 18.9 Å². The molecule has 2 aromatic rings. The fourth-order valence-electron chi connectivity index (χ4n) is 6.92. The molecule has 2 fully saturated rings. The Labute approximate surface area is 328 Å². The number of hydrogen-bond donors (Lipinski definition) is 2. The summed E-state index contributed by atoms with van der Waals surface area (Å²) >= 11 is 1.33. The molecule has 3 aliphatic rings. The van der Waals surface area contributed by atoms with Gasteiger partial charge >= 0.3 is 12.1 Å². The highest BCUT2D eigenvalue weighted by molar-refractivity contribution is 8.03. The number of aliphatic hydroxyl groups excluding tert-OH is 2. The Kier molecular flexibility index (Phi) is 13.5. The van der Waals surface area contributed by atoms with Crippen molar-refractivity contribution in [2.24, 2.45) is 11.8 Å². The fraction of sp³-hybridized carbons (Fsp3) is 0.514. The number of fused-ring (bicyclic) bond motifs is 1. The number of ether oxygens (including phenoxy) is 2. The number of non-ortho nitro benzene ring substituents is 2. The second-order valence-corrected chi connectivity index (χ2v) is 15.9. The standard InChI is InChI=1S/C35H44N5O11S.HI/c1-20-30-29(21(2)41)33(43)37(30)31(34(44)50-18-22-6-10-24(11-7-22)38(46)47)32(20)52-26-16-27(28(42)14-15-40(3,4)5)36(17-26)35(45)51-19-23-8-12-25(13-9-23)39(48)49;/h6-13,20-21,26-30,41-42H,14-19H2,1-5H3;1H/q+1;/p-1/t20-,21-,26+,27+,28+,29-,30-;/m1./s1. The number of nitro groups is 2. The van der Waals surface area contributed by atoms with E-state index in [1.54, 1.807) is 0 Å². The number of nitro benzene ring substituents is 2. The number of benzene rings is 2. The molecule has 16 nitrogen and oxygen atoms in total. The summed E-state index contributed by atoms with van der Waals surface area (Å²) in [6.07, 6.45) is -1.75. The molecule has 5 rings (SSSR count). The van der Waals surface area contributed by atoms with Gasteiger partial charge in [-0.05, 0) is 48.7 Å². The molecule has 3 heterocycles. The first-order valence-corrected chi connectivity index (χ1v) is 17.8. The summed E-state index contributed by atoms with van der Waals surface area (Å²) < 4.78 is 11.8. The van der Waals surface area contributed by atoms with E-state index in [0.717, 1.165) is 0 Å². The second-order valence-electron chi connectivity index (χ2n) is 14.5. The number of rotatable bonds is 14. The van der Waals surface area contributed by atoms with Crippen LogP contribution in [0.25, 0.3) is 0 Å². The molecule has 0 saturated carbocycles. The van der Waals surface area contributed by atoms with Gasteiger partial charge in [-0.2, -0.15) is 0 Å². The van der Waals surface area contributed by atoms with E-state index in [1.165, 1.54) is 77.0 Å². The predicted octanol–water partition coefficient (Wildman–Crippen LogP) is 0.589. The summed E-state index contributed by atoms with van der Waals surface area (Å²) in [5, 5.41) is 43.6. The minimum absolute atomic E-state index is 0. The number of carbonyl (C=O) groups is 3. The summed E-state index contributed by atoms with van der Waals surface area (Å²) in [6.45, 7) is 3.86. The van der Waals surface area contributed by atoms with Crippen molar-refractivity contribution in [3.63, 3.8) is 0 Å². The van der Waals surface area contributed by atoms with Crippen LogP contribution in [0.15, 0.2) is 59.1 Å². The molecule has 2 saturated heterocycles. The van der Waals surface area contributed by atoms with Crippen LogP contribution in [0.2, 0.25) is 0 Å². The zero-order valence-corrected chi connectivity index (χ0v) is 33.0. The number of amides is 2. The third kappa shape index (κ3) is 9.45. The largest absolute Gasteiger partial charge is 1.00 e. The molecule has 0 aromatic heterocycles. The van der Waals surface area contributed by atoms with E-state index in [9.17, 15) is 44.8 Å². The first-order chi connectivity index (χ1) is 24.5. The Morgan fingerprint density at radius 1 is 0.962 bits per heavy atom. The van der Waals surface area contributed by atoms with E-state index < -0.39 is 58.0 Å². The molecule has 7 atom stereocenters. The zero-order valence-electron chi connectivity index (χ0n) is 30.0. The van der Waals surface area contributed by atoms with E-state index in [-0.39, 0.29) is 72.0 Å². The smallest absolute Gasteiger partial charge is 0.410 e. The molecule has 18 heteroatoms. The van der Waals surface area contributed by atoms with Gasteiger partial charge in [-0.3, -0.25) is 25.0 Å². The van der Waals surface area contributed by atoms with Gasteiger partial charge in [0.15, 0.2) is 0 Å². The van der Waals surface area contributed by atoms with Gasteiger partial charge in [-0.25, -0.2) is 9.59 Å². The maximum absolute atomic E-state index is 13.7. The minimum Gasteiger partial charge on any atom is -1.00 e. The quantitative estimate of drug-likeness (QED) is 0.0670. The Bertz CT molecular complexity index is 1730. The summed E-state index contributed by atoms with van der Waals surface area (Å²) in [4.78, 5) is 65.0. The monoisotopic (exact) mass is 869 g/mol. The maximum Gasteiger partial charge on any atom is 0.410 e. The number of quaternary nitrogens is 1. The Morgan fingerprint density at radius 2 is 1.49 bits per heavy atom. The van der Waals surface area contributed by atoms with Crippen molar-refractivity contribution in [2.75, 3.05) is 34.2 Å². The first-order valence-electron chi connectivity index (χ1n) is 16.9. The number of esters is 1. The van der Waals surface area contributed by atoms with Crippen molar-refractivity contribution >= 4 is 41.1 Å². The third-order valence-electron chi connectivity index (χ3n) is 9.70. The molecule has 2 amide bonds. The number of nitrogens with zero attached hydrogens (tertiary/aromatic N) is 5. The molecule has 2 N–H and O–H groups in total. The van der Waals surface area contributed by atoms with Crippen LogP contribution >= 0.6 is 11.8 Å². The second kappa shape index (κ2) is 17.1. The van der Waals surface area contributed by atoms with Gasteiger partial charge < -0.3 is 57.9 Å². The number of halogens is 1. The summed E-state index contributed by atoms with van der Waals surface area (Å²) in [5.74, 6) is -2.23. The van der Waals surface area contributed by atoms with Crippen LogP contribution < -0.4 is 24.0 Å². The van der Waals surface area contributed by atoms with Gasteiger partial charge in [0.2, 0.25) is 5.91 Å². The van der Waals surface area contributed by atoms with Gasteiger partial charge in [0.05, 0.1) is 67.7 Å². The van der Waals surface area contributed by atoms with E-state index in [0.29, 0.717) is 39.9 Å². The lowest BCUT2D eigenvalue weighted by molar-refractivity contribution is -0.870. The van der Waals surface area contributed by atoms with Crippen molar-refractivity contribution in [3.05, 3.63) is 90.5 Å². The summed E-state index contributed by atoms with van der Waals surface area (Å²) in [6, 6.07) is 10.1. The molecular weight excluding hydrogens is 825 g/mol. The van der Waals surface area contributed by atoms with Crippen LogP contribution in [0.1, 0.15) is 37.8 Å². The van der Waals surface area contributed by atoms with Crippen LogP contribution in [0.4, 0.5) is 16.2 Å². The molecule has 3 aliphatic heterocycles. The number of carbonyl (C=O) groups excluding carboxylic acids is 3. The van der Waals surface area contributed by atoms with Crippen LogP contribution in [-0.2, 0) is 32.3 Å². The minimum atomic E-state index is -0.953. The number of thioether (sulfide) groups is 1. The molecule has 2 aromatic carbocycles. The molecule has 0 bridgehead atoms. The van der Waals surface area contributed by atoms with E-state index in [2.05, 4.69) is 0 Å². The summed E-state index contributed by atoms with van der Waals surface area (Å²) in [7, 11) is 5.99. The molecule has 0 aliphatic carbocycles. The molecule has 0 unspecified atom stereocenters. The van der Waals surface area contributed by atoms with Crippen molar-refractivity contribution in [2.45, 2.75) is 69.4 Å². The average molecular weight is 870 g/mol. The van der Waals surface area contributed by atoms with Gasteiger partial charge in [0, 0.05) is 53.3 Å². The highest BCUT2D eigenvalue weighted by Gasteiger charge is 2.60. The Balaban J connectivity index is 0.00000627. The molecule has 288 valence electrons. The number of hydrogen-bond acceptors (Lipinski definition) is 12. The average Bonchev–Trinajstić information content (AvgIpc) is 3.62. The highest BCUT2D eigenvalue weighted by atomic mass is 127. The molecule has 0 radical (unpaired) electrons. The third-order valence-corrected chi connectivity index (χ3v) is 11.2. The Morgan fingerprint density at radius 3 is 1.98 bits per heavy atom. The maximum atomic E-state index is 13.7. The summed E-state index contributed by atoms with van der Waals surface area (Å²) in [5.41, 5.74) is 0.923. The van der Waals surface area contributed by atoms with Crippen molar-refractivity contribution < 1.29 is 72.4 Å². The zero-order chi connectivity index (χ0) is 38.1. The number of β-lactam (4-membered cyclic amide) rings is 1. The van der Waals surface area contributed by atoms with E-state index in [4.69, 9.17) is 9.47 Å². The van der Waals surface area contributed by atoms with Crippen LogP contribution in [0.3, 0.4) is 0 Å². The number of aliphatic hydroxyl groups is 2. The number of likely N-dealkylation sites (tertiary alicyclic amines) is 1.